The normalized spacial score (nSPS) is 11.5. The van der Waals surface area contributed by atoms with Gasteiger partial charge in [-0.2, -0.15) is 0 Å². The topological polar surface area (TPSA) is 70.4 Å². The van der Waals surface area contributed by atoms with Gasteiger partial charge in [-0.3, -0.25) is 10.1 Å². The third-order valence-corrected chi connectivity index (χ3v) is 2.93. The molecule has 0 aliphatic carbocycles. The lowest BCUT2D eigenvalue weighted by Crippen LogP contribution is -2.34. The van der Waals surface area contributed by atoms with E-state index in [9.17, 15) is 10.1 Å². The number of hydrogen-bond donors (Lipinski definition) is 2. The highest BCUT2D eigenvalue weighted by atomic mass is 16.6. The molecule has 0 spiro atoms. The standard InChI is InChI=1S/C14H24N4O2/c1-14(2,10-17(4)5)9-16-12-6-11(15-3)7-13(8-12)18(19)20/h6-8,15-16H,9-10H2,1-5H3. The number of nitrogens with one attached hydrogen (secondary N) is 2. The molecule has 0 atom stereocenters. The minimum Gasteiger partial charge on any atom is -0.388 e. The first kappa shape index (κ1) is 16.2. The highest BCUT2D eigenvalue weighted by Crippen LogP contribution is 2.25. The van der Waals surface area contributed by atoms with Crippen molar-refractivity contribution in [1.29, 1.82) is 0 Å². The van der Waals surface area contributed by atoms with Crippen LogP contribution in [0.4, 0.5) is 17.1 Å². The number of anilines is 2. The Kier molecular flexibility index (Phi) is 5.33. The molecule has 0 fully saturated rings. The van der Waals surface area contributed by atoms with Crippen LogP contribution in [0.1, 0.15) is 13.8 Å². The second-order valence-corrected chi connectivity index (χ2v) is 6.03. The predicted molar refractivity (Wildman–Crippen MR) is 83.5 cm³/mol. The summed E-state index contributed by atoms with van der Waals surface area (Å²) in [7, 11) is 5.82. The van der Waals surface area contributed by atoms with Gasteiger partial charge in [0.05, 0.1) is 4.92 Å². The second kappa shape index (κ2) is 6.56. The highest BCUT2D eigenvalue weighted by Gasteiger charge is 2.19. The molecule has 0 aliphatic heterocycles. The van der Waals surface area contributed by atoms with Crippen molar-refractivity contribution >= 4 is 17.1 Å². The first-order valence-electron chi connectivity index (χ1n) is 6.59. The zero-order valence-electron chi connectivity index (χ0n) is 12.9. The number of hydrogen-bond acceptors (Lipinski definition) is 5. The smallest absolute Gasteiger partial charge is 0.273 e. The van der Waals surface area contributed by atoms with Crippen LogP contribution in [-0.4, -0.2) is 44.1 Å². The number of non-ortho nitro benzene ring substituents is 1. The fraction of sp³-hybridized carbons (Fsp3) is 0.571. The fourth-order valence-corrected chi connectivity index (χ4v) is 2.22. The molecule has 1 rings (SSSR count). The minimum atomic E-state index is -0.378. The molecule has 0 aliphatic rings. The second-order valence-electron chi connectivity index (χ2n) is 6.03. The molecule has 20 heavy (non-hydrogen) atoms. The van der Waals surface area contributed by atoms with E-state index in [1.54, 1.807) is 13.1 Å². The molecule has 0 saturated carbocycles. The van der Waals surface area contributed by atoms with Gasteiger partial charge in [0.1, 0.15) is 0 Å². The summed E-state index contributed by atoms with van der Waals surface area (Å²) in [5.74, 6) is 0. The largest absolute Gasteiger partial charge is 0.388 e. The Morgan fingerprint density at radius 1 is 1.25 bits per heavy atom. The highest BCUT2D eigenvalue weighted by molar-refractivity contribution is 5.63. The van der Waals surface area contributed by atoms with Gasteiger partial charge >= 0.3 is 0 Å². The van der Waals surface area contributed by atoms with E-state index in [1.807, 2.05) is 20.2 Å². The van der Waals surface area contributed by atoms with Crippen molar-refractivity contribution in [3.05, 3.63) is 28.3 Å². The molecule has 0 unspecified atom stereocenters. The molecular weight excluding hydrogens is 256 g/mol. The van der Waals surface area contributed by atoms with E-state index in [4.69, 9.17) is 0 Å². The van der Waals surface area contributed by atoms with E-state index in [-0.39, 0.29) is 16.0 Å². The van der Waals surface area contributed by atoms with Gasteiger partial charge < -0.3 is 15.5 Å². The maximum absolute atomic E-state index is 10.9. The van der Waals surface area contributed by atoms with E-state index < -0.39 is 0 Å². The van der Waals surface area contributed by atoms with Gasteiger partial charge in [-0.1, -0.05) is 13.8 Å². The van der Waals surface area contributed by atoms with Crippen LogP contribution in [0.5, 0.6) is 0 Å². The van der Waals surface area contributed by atoms with Gasteiger partial charge in [0.2, 0.25) is 0 Å². The maximum atomic E-state index is 10.9. The molecule has 2 N–H and O–H groups in total. The third-order valence-electron chi connectivity index (χ3n) is 2.93. The molecule has 0 amide bonds. The molecule has 0 heterocycles. The zero-order chi connectivity index (χ0) is 15.3. The summed E-state index contributed by atoms with van der Waals surface area (Å²) >= 11 is 0. The van der Waals surface area contributed by atoms with Crippen molar-refractivity contribution in [2.45, 2.75) is 13.8 Å². The van der Waals surface area contributed by atoms with Crippen molar-refractivity contribution in [3.8, 4) is 0 Å². The molecule has 112 valence electrons. The first-order chi connectivity index (χ1) is 9.23. The molecular formula is C14H24N4O2. The first-order valence-corrected chi connectivity index (χ1v) is 6.59. The summed E-state index contributed by atoms with van der Waals surface area (Å²) in [4.78, 5) is 12.7. The van der Waals surface area contributed by atoms with Crippen LogP contribution >= 0.6 is 0 Å². The molecule has 1 aromatic carbocycles. The van der Waals surface area contributed by atoms with Gasteiger partial charge in [-0.25, -0.2) is 0 Å². The summed E-state index contributed by atoms with van der Waals surface area (Å²) in [6, 6.07) is 4.96. The summed E-state index contributed by atoms with van der Waals surface area (Å²) in [6.45, 7) is 6.01. The lowest BCUT2D eigenvalue weighted by atomic mass is 9.93. The molecule has 1 aromatic rings. The van der Waals surface area contributed by atoms with Crippen LogP contribution < -0.4 is 10.6 Å². The fourth-order valence-electron chi connectivity index (χ4n) is 2.22. The molecule has 0 aromatic heterocycles. The van der Waals surface area contributed by atoms with Gasteiger partial charge in [0, 0.05) is 43.6 Å². The zero-order valence-corrected chi connectivity index (χ0v) is 12.9. The Bertz CT molecular complexity index is 472. The number of nitrogens with zero attached hydrogens (tertiary/aromatic N) is 2. The van der Waals surface area contributed by atoms with E-state index >= 15 is 0 Å². The van der Waals surface area contributed by atoms with E-state index in [2.05, 4.69) is 29.4 Å². The van der Waals surface area contributed by atoms with E-state index in [1.165, 1.54) is 6.07 Å². The van der Waals surface area contributed by atoms with Crippen molar-refractivity contribution < 1.29 is 4.92 Å². The van der Waals surface area contributed by atoms with E-state index in [0.717, 1.165) is 24.5 Å². The van der Waals surface area contributed by atoms with Crippen molar-refractivity contribution in [2.24, 2.45) is 5.41 Å². The van der Waals surface area contributed by atoms with Crippen LogP contribution in [0.3, 0.4) is 0 Å². The molecule has 6 heteroatoms. The number of nitro groups is 1. The van der Waals surface area contributed by atoms with Crippen LogP contribution in [0.15, 0.2) is 18.2 Å². The lowest BCUT2D eigenvalue weighted by molar-refractivity contribution is -0.384. The monoisotopic (exact) mass is 280 g/mol. The summed E-state index contributed by atoms with van der Waals surface area (Å²) in [5.41, 5.74) is 1.65. The molecule has 0 radical (unpaired) electrons. The van der Waals surface area contributed by atoms with Crippen LogP contribution in [0, 0.1) is 15.5 Å². The number of rotatable bonds is 7. The van der Waals surface area contributed by atoms with Crippen molar-refractivity contribution in [3.63, 3.8) is 0 Å². The van der Waals surface area contributed by atoms with Gasteiger partial charge in [0.25, 0.3) is 5.69 Å². The van der Waals surface area contributed by atoms with Crippen molar-refractivity contribution in [2.75, 3.05) is 44.9 Å². The Morgan fingerprint density at radius 2 is 1.85 bits per heavy atom. The Morgan fingerprint density at radius 3 is 2.35 bits per heavy atom. The lowest BCUT2D eigenvalue weighted by Gasteiger charge is -2.29. The van der Waals surface area contributed by atoms with Crippen LogP contribution in [-0.2, 0) is 0 Å². The molecule has 6 nitrogen and oxygen atoms in total. The Balaban J connectivity index is 2.82. The number of nitro benzene ring substituents is 1. The summed E-state index contributed by atoms with van der Waals surface area (Å²) in [5, 5.41) is 17.1. The quantitative estimate of drug-likeness (QED) is 0.593. The maximum Gasteiger partial charge on any atom is 0.273 e. The van der Waals surface area contributed by atoms with Crippen LogP contribution in [0.25, 0.3) is 0 Å². The summed E-state index contributed by atoms with van der Waals surface area (Å²) < 4.78 is 0. The molecule has 0 saturated heterocycles. The van der Waals surface area contributed by atoms with Gasteiger partial charge in [-0.15, -0.1) is 0 Å². The molecule has 0 bridgehead atoms. The number of benzene rings is 1. The average Bonchev–Trinajstić information content (AvgIpc) is 2.34. The van der Waals surface area contributed by atoms with E-state index in [0.29, 0.717) is 0 Å². The van der Waals surface area contributed by atoms with Gasteiger partial charge in [-0.05, 0) is 25.6 Å². The van der Waals surface area contributed by atoms with Crippen LogP contribution in [0.2, 0.25) is 0 Å². The SMILES string of the molecule is CNc1cc(NCC(C)(C)CN(C)C)cc([N+](=O)[O-])c1. The Hall–Kier alpha value is -1.82. The van der Waals surface area contributed by atoms with Gasteiger partial charge in [0.15, 0.2) is 0 Å². The Labute approximate surface area is 120 Å². The summed E-state index contributed by atoms with van der Waals surface area (Å²) in [6.07, 6.45) is 0. The van der Waals surface area contributed by atoms with Crippen molar-refractivity contribution in [1.82, 2.24) is 4.90 Å². The third kappa shape index (κ3) is 5.05. The minimum absolute atomic E-state index is 0.0773. The predicted octanol–water partition coefficient (Wildman–Crippen LogP) is 2.64. The average molecular weight is 280 g/mol.